The van der Waals surface area contributed by atoms with Gasteiger partial charge in [-0.05, 0) is 75.5 Å². The Labute approximate surface area is 184 Å². The van der Waals surface area contributed by atoms with E-state index < -0.39 is 0 Å². The van der Waals surface area contributed by atoms with Gasteiger partial charge in [-0.15, -0.1) is 0 Å². The summed E-state index contributed by atoms with van der Waals surface area (Å²) < 4.78 is 3.78. The first-order chi connectivity index (χ1) is 15.0. The normalized spacial score (nSPS) is 17.1. The number of carbonyl (C=O) groups is 1. The van der Waals surface area contributed by atoms with E-state index in [1.807, 2.05) is 61.1 Å². The quantitative estimate of drug-likeness (QED) is 0.585. The number of nitrogens with one attached hydrogen (secondary N) is 1. The molecule has 1 saturated heterocycles. The standard InChI is InChI=1S/C25H33N5O/c1-19-9-6-11-21(17-19)30-24(18-22(27-30)23-12-7-14-28(23)3)25(31)26-13-8-16-29-15-5-4-10-20(29)2/h6-7,9,11-12,14,17-18,20H,4-5,8,10,13,15-16H2,1-3H3,(H,26,31). The molecule has 6 heteroatoms. The van der Waals surface area contributed by atoms with Gasteiger partial charge in [-0.1, -0.05) is 18.6 Å². The van der Waals surface area contributed by atoms with Crippen LogP contribution in [0.4, 0.5) is 0 Å². The van der Waals surface area contributed by atoms with Crippen molar-refractivity contribution >= 4 is 5.91 Å². The minimum absolute atomic E-state index is 0.0823. The van der Waals surface area contributed by atoms with Crippen molar-refractivity contribution in [2.75, 3.05) is 19.6 Å². The number of carbonyl (C=O) groups excluding carboxylic acids is 1. The molecule has 1 aliphatic heterocycles. The Kier molecular flexibility index (Phi) is 6.56. The molecular weight excluding hydrogens is 386 g/mol. The zero-order valence-corrected chi connectivity index (χ0v) is 18.8. The molecular formula is C25H33N5O. The number of rotatable bonds is 7. The highest BCUT2D eigenvalue weighted by Gasteiger charge is 2.20. The number of benzene rings is 1. The topological polar surface area (TPSA) is 55.1 Å². The summed E-state index contributed by atoms with van der Waals surface area (Å²) in [5.41, 5.74) is 4.37. The van der Waals surface area contributed by atoms with Crippen molar-refractivity contribution in [3.63, 3.8) is 0 Å². The third-order valence-electron chi connectivity index (χ3n) is 6.24. The van der Waals surface area contributed by atoms with Crippen molar-refractivity contribution in [1.82, 2.24) is 24.6 Å². The fourth-order valence-electron chi connectivity index (χ4n) is 4.42. The predicted octanol–water partition coefficient (Wildman–Crippen LogP) is 4.18. The third kappa shape index (κ3) is 4.90. The largest absolute Gasteiger partial charge is 0.351 e. The highest BCUT2D eigenvalue weighted by molar-refractivity contribution is 5.94. The molecule has 0 bridgehead atoms. The molecule has 0 aliphatic carbocycles. The summed E-state index contributed by atoms with van der Waals surface area (Å²) in [6, 6.07) is 14.6. The summed E-state index contributed by atoms with van der Waals surface area (Å²) in [7, 11) is 1.99. The lowest BCUT2D eigenvalue weighted by Crippen LogP contribution is -2.39. The lowest BCUT2D eigenvalue weighted by atomic mass is 10.0. The number of hydrogen-bond acceptors (Lipinski definition) is 3. The predicted molar refractivity (Wildman–Crippen MR) is 125 cm³/mol. The number of aromatic nitrogens is 3. The molecule has 1 N–H and O–H groups in total. The highest BCUT2D eigenvalue weighted by Crippen LogP contribution is 2.22. The van der Waals surface area contributed by atoms with Crippen molar-refractivity contribution in [2.24, 2.45) is 7.05 Å². The maximum absolute atomic E-state index is 13.1. The van der Waals surface area contributed by atoms with Crippen LogP contribution in [0.3, 0.4) is 0 Å². The van der Waals surface area contributed by atoms with Crippen LogP contribution in [0.15, 0.2) is 48.7 Å². The average Bonchev–Trinajstić information content (AvgIpc) is 3.38. The molecule has 1 aromatic carbocycles. The van der Waals surface area contributed by atoms with E-state index in [0.29, 0.717) is 18.3 Å². The van der Waals surface area contributed by atoms with Crippen molar-refractivity contribution in [3.8, 4) is 17.1 Å². The van der Waals surface area contributed by atoms with E-state index in [2.05, 4.69) is 23.2 Å². The zero-order valence-electron chi connectivity index (χ0n) is 18.8. The first-order valence-electron chi connectivity index (χ1n) is 11.3. The summed E-state index contributed by atoms with van der Waals surface area (Å²) in [4.78, 5) is 15.7. The second-order valence-electron chi connectivity index (χ2n) is 8.66. The second-order valence-corrected chi connectivity index (χ2v) is 8.66. The molecule has 1 amide bonds. The van der Waals surface area contributed by atoms with Crippen LogP contribution in [0.5, 0.6) is 0 Å². The Bertz CT molecular complexity index is 1030. The van der Waals surface area contributed by atoms with Gasteiger partial charge in [0.15, 0.2) is 0 Å². The monoisotopic (exact) mass is 419 g/mol. The molecule has 2 aromatic heterocycles. The fraction of sp³-hybridized carbons (Fsp3) is 0.440. The maximum Gasteiger partial charge on any atom is 0.270 e. The van der Waals surface area contributed by atoms with E-state index in [-0.39, 0.29) is 5.91 Å². The van der Waals surface area contributed by atoms with Gasteiger partial charge in [-0.25, -0.2) is 4.68 Å². The Morgan fingerprint density at radius 1 is 1.19 bits per heavy atom. The molecule has 6 nitrogen and oxygen atoms in total. The molecule has 1 unspecified atom stereocenters. The van der Waals surface area contributed by atoms with E-state index in [9.17, 15) is 4.79 Å². The lowest BCUT2D eigenvalue weighted by molar-refractivity contribution is 0.0941. The van der Waals surface area contributed by atoms with Crippen LogP contribution in [-0.2, 0) is 7.05 Å². The van der Waals surface area contributed by atoms with Crippen LogP contribution in [0.25, 0.3) is 17.1 Å². The average molecular weight is 420 g/mol. The van der Waals surface area contributed by atoms with Crippen molar-refractivity contribution in [1.29, 1.82) is 0 Å². The Balaban J connectivity index is 1.49. The van der Waals surface area contributed by atoms with Crippen LogP contribution in [0.1, 0.15) is 48.7 Å². The van der Waals surface area contributed by atoms with Crippen LogP contribution in [0.2, 0.25) is 0 Å². The van der Waals surface area contributed by atoms with Gasteiger partial charge in [-0.2, -0.15) is 5.10 Å². The number of piperidine rings is 1. The van der Waals surface area contributed by atoms with Gasteiger partial charge in [0.2, 0.25) is 0 Å². The van der Waals surface area contributed by atoms with E-state index in [1.165, 1.54) is 25.8 Å². The van der Waals surface area contributed by atoms with Crippen LogP contribution < -0.4 is 5.32 Å². The molecule has 1 aliphatic rings. The number of likely N-dealkylation sites (tertiary alicyclic amines) is 1. The molecule has 0 spiro atoms. The molecule has 3 aromatic rings. The van der Waals surface area contributed by atoms with Gasteiger partial charge in [0, 0.05) is 32.4 Å². The maximum atomic E-state index is 13.1. The summed E-state index contributed by atoms with van der Waals surface area (Å²) in [6.07, 6.45) is 6.85. The first kappa shape index (κ1) is 21.4. The summed E-state index contributed by atoms with van der Waals surface area (Å²) in [6.45, 7) is 7.23. The Hall–Kier alpha value is -2.86. The number of nitrogens with zero attached hydrogens (tertiary/aromatic N) is 4. The number of amides is 1. The molecule has 1 fully saturated rings. The molecule has 3 heterocycles. The minimum Gasteiger partial charge on any atom is -0.351 e. The van der Waals surface area contributed by atoms with Crippen LogP contribution in [0, 0.1) is 6.92 Å². The van der Waals surface area contributed by atoms with Gasteiger partial charge >= 0.3 is 0 Å². The lowest BCUT2D eigenvalue weighted by Gasteiger charge is -2.33. The van der Waals surface area contributed by atoms with Gasteiger partial charge in [-0.3, -0.25) is 4.79 Å². The SMILES string of the molecule is Cc1cccc(-n2nc(-c3cccn3C)cc2C(=O)NCCCN2CCCCC2C)c1. The van der Waals surface area contributed by atoms with Gasteiger partial charge in [0.25, 0.3) is 5.91 Å². The van der Waals surface area contributed by atoms with E-state index in [1.54, 1.807) is 4.68 Å². The van der Waals surface area contributed by atoms with E-state index in [0.717, 1.165) is 35.6 Å². The zero-order chi connectivity index (χ0) is 21.8. The smallest absolute Gasteiger partial charge is 0.270 e. The molecule has 0 saturated carbocycles. The van der Waals surface area contributed by atoms with Crippen molar-refractivity contribution in [2.45, 2.75) is 45.6 Å². The number of hydrogen-bond donors (Lipinski definition) is 1. The molecule has 4 rings (SSSR count). The second kappa shape index (κ2) is 9.52. The van der Waals surface area contributed by atoms with Gasteiger partial charge in [0.1, 0.15) is 11.4 Å². The summed E-state index contributed by atoms with van der Waals surface area (Å²) >= 11 is 0. The fourth-order valence-corrected chi connectivity index (χ4v) is 4.42. The Morgan fingerprint density at radius 3 is 2.81 bits per heavy atom. The minimum atomic E-state index is -0.0823. The molecule has 1 atom stereocenters. The summed E-state index contributed by atoms with van der Waals surface area (Å²) in [5.74, 6) is -0.0823. The van der Waals surface area contributed by atoms with Crippen molar-refractivity contribution < 1.29 is 4.79 Å². The molecule has 0 radical (unpaired) electrons. The van der Waals surface area contributed by atoms with E-state index >= 15 is 0 Å². The Morgan fingerprint density at radius 2 is 2.06 bits per heavy atom. The third-order valence-corrected chi connectivity index (χ3v) is 6.24. The van der Waals surface area contributed by atoms with Crippen molar-refractivity contribution in [3.05, 3.63) is 59.9 Å². The van der Waals surface area contributed by atoms with Gasteiger partial charge < -0.3 is 14.8 Å². The van der Waals surface area contributed by atoms with Crippen LogP contribution >= 0.6 is 0 Å². The first-order valence-corrected chi connectivity index (χ1v) is 11.3. The molecule has 164 valence electrons. The molecule has 31 heavy (non-hydrogen) atoms. The summed E-state index contributed by atoms with van der Waals surface area (Å²) in [5, 5.41) is 7.90. The number of aryl methyl sites for hydroxylation is 2. The van der Waals surface area contributed by atoms with Crippen LogP contribution in [-0.4, -0.2) is 50.8 Å². The van der Waals surface area contributed by atoms with Gasteiger partial charge in [0.05, 0.1) is 11.4 Å². The highest BCUT2D eigenvalue weighted by atomic mass is 16.2. The van der Waals surface area contributed by atoms with E-state index in [4.69, 9.17) is 5.10 Å².